The number of carbonyl (C=O) groups excluding carboxylic acids is 2. The van der Waals surface area contributed by atoms with Gasteiger partial charge in [0.25, 0.3) is 5.60 Å². The number of alkyl halides is 6. The van der Waals surface area contributed by atoms with Gasteiger partial charge in [-0.2, -0.15) is 26.3 Å². The first-order valence-corrected chi connectivity index (χ1v) is 16.6. The Kier molecular flexibility index (Phi) is 9.78. The minimum atomic E-state index is -5.98. The molecule has 8 nitrogen and oxygen atoms in total. The molecule has 0 N–H and O–H groups in total. The molecule has 49 heavy (non-hydrogen) atoms. The Morgan fingerprint density at radius 3 is 1.84 bits per heavy atom. The molecule has 2 aliphatic heterocycles. The van der Waals surface area contributed by atoms with Crippen LogP contribution in [0.5, 0.6) is 0 Å². The van der Waals surface area contributed by atoms with E-state index in [0.717, 1.165) is 36.4 Å². The van der Waals surface area contributed by atoms with Gasteiger partial charge in [-0.05, 0) is 41.8 Å². The molecule has 16 heteroatoms. The van der Waals surface area contributed by atoms with Crippen LogP contribution in [-0.2, 0) is 36.3 Å². The standard InChI is InChI=1S/C33H32F7N3O5S/c1-23(44)41-17-19-42(20-18-41)29(45)43-16-15-30(22-43,49(46,47)28-13-11-27(34)12-14-28)25-7-9-26(10-8-25)31(32(35,36)37,33(38,39)40)48-21-24-5-3-2-4-6-24/h2-14H,15-22H2,1H3. The number of nitrogens with zero attached hydrogens (tertiary/aromatic N) is 3. The first-order valence-electron chi connectivity index (χ1n) is 15.1. The van der Waals surface area contributed by atoms with Crippen LogP contribution < -0.4 is 0 Å². The van der Waals surface area contributed by atoms with Crippen LogP contribution in [0.4, 0.5) is 35.5 Å². The van der Waals surface area contributed by atoms with Gasteiger partial charge < -0.3 is 19.4 Å². The fourth-order valence-electron chi connectivity index (χ4n) is 6.32. The van der Waals surface area contributed by atoms with Gasteiger partial charge in [-0.25, -0.2) is 17.6 Å². The fourth-order valence-corrected chi connectivity index (χ4v) is 8.39. The van der Waals surface area contributed by atoms with E-state index in [1.165, 1.54) is 47.1 Å². The molecule has 1 unspecified atom stereocenters. The molecule has 2 heterocycles. The number of likely N-dealkylation sites (tertiary alicyclic amines) is 1. The second-order valence-electron chi connectivity index (χ2n) is 11.9. The monoisotopic (exact) mass is 715 g/mol. The molecule has 0 spiro atoms. The summed E-state index contributed by atoms with van der Waals surface area (Å²) in [6, 6.07) is 13.1. The third-order valence-corrected chi connectivity index (χ3v) is 11.5. The van der Waals surface area contributed by atoms with Gasteiger partial charge >= 0.3 is 18.4 Å². The second-order valence-corrected chi connectivity index (χ2v) is 14.2. The van der Waals surface area contributed by atoms with Crippen molar-refractivity contribution < 1.29 is 53.5 Å². The van der Waals surface area contributed by atoms with Crippen LogP contribution in [-0.4, -0.2) is 86.7 Å². The molecule has 5 rings (SSSR count). The maximum absolute atomic E-state index is 14.5. The molecule has 3 aromatic rings. The fraction of sp³-hybridized carbons (Fsp3) is 0.394. The van der Waals surface area contributed by atoms with Crippen molar-refractivity contribution in [3.63, 3.8) is 0 Å². The van der Waals surface area contributed by atoms with Gasteiger partial charge in [0.15, 0.2) is 9.84 Å². The van der Waals surface area contributed by atoms with Gasteiger partial charge in [0.2, 0.25) is 5.91 Å². The van der Waals surface area contributed by atoms with Crippen molar-refractivity contribution in [1.82, 2.24) is 14.7 Å². The van der Waals surface area contributed by atoms with Crippen LogP contribution >= 0.6 is 0 Å². The number of hydrogen-bond acceptors (Lipinski definition) is 5. The maximum Gasteiger partial charge on any atom is 0.430 e. The SMILES string of the molecule is CC(=O)N1CCN(C(=O)N2CCC(c3ccc(C(OCc4ccccc4)(C(F)(F)F)C(F)(F)F)cc3)(S(=O)(=O)c3ccc(F)cc3)C2)CC1. The van der Waals surface area contributed by atoms with Gasteiger partial charge in [0.1, 0.15) is 10.6 Å². The molecule has 2 saturated heterocycles. The zero-order valence-electron chi connectivity index (χ0n) is 26.1. The summed E-state index contributed by atoms with van der Waals surface area (Å²) >= 11 is 0. The topological polar surface area (TPSA) is 87.2 Å². The van der Waals surface area contributed by atoms with Crippen molar-refractivity contribution in [2.75, 3.05) is 39.3 Å². The lowest BCUT2D eigenvalue weighted by Gasteiger charge is -2.38. The summed E-state index contributed by atoms with van der Waals surface area (Å²) < 4.78 is 132. The smallest absolute Gasteiger partial charge is 0.349 e. The quantitative estimate of drug-likeness (QED) is 0.221. The Morgan fingerprint density at radius 1 is 0.755 bits per heavy atom. The average molecular weight is 716 g/mol. The van der Waals surface area contributed by atoms with Crippen molar-refractivity contribution in [3.8, 4) is 0 Å². The van der Waals surface area contributed by atoms with E-state index in [9.17, 15) is 48.7 Å². The van der Waals surface area contributed by atoms with E-state index in [2.05, 4.69) is 0 Å². The van der Waals surface area contributed by atoms with Crippen LogP contribution in [0.15, 0.2) is 83.8 Å². The summed E-state index contributed by atoms with van der Waals surface area (Å²) in [4.78, 5) is 29.1. The highest BCUT2D eigenvalue weighted by Crippen LogP contribution is 2.54. The molecular formula is C33H32F7N3O5S. The van der Waals surface area contributed by atoms with Crippen LogP contribution in [0.2, 0.25) is 0 Å². The average Bonchev–Trinajstić information content (AvgIpc) is 3.52. The molecule has 0 bridgehead atoms. The Morgan fingerprint density at radius 2 is 1.31 bits per heavy atom. The highest BCUT2D eigenvalue weighted by atomic mass is 32.2. The van der Waals surface area contributed by atoms with E-state index in [1.54, 1.807) is 4.90 Å². The number of amides is 3. The second kappa shape index (κ2) is 13.3. The molecule has 2 aliphatic rings. The number of ether oxygens (including phenoxy) is 1. The van der Waals surface area contributed by atoms with Crippen LogP contribution in [0.1, 0.15) is 30.0 Å². The summed E-state index contributed by atoms with van der Waals surface area (Å²) in [7, 11) is -4.55. The van der Waals surface area contributed by atoms with E-state index < -0.39 is 63.1 Å². The Bertz CT molecular complexity index is 1750. The predicted molar refractivity (Wildman–Crippen MR) is 162 cm³/mol. The number of benzene rings is 3. The molecule has 3 aromatic carbocycles. The van der Waals surface area contributed by atoms with Crippen molar-refractivity contribution in [2.24, 2.45) is 0 Å². The van der Waals surface area contributed by atoms with E-state index in [0.29, 0.717) is 12.1 Å². The largest absolute Gasteiger partial charge is 0.430 e. The van der Waals surface area contributed by atoms with Crippen LogP contribution in [0.3, 0.4) is 0 Å². The minimum absolute atomic E-state index is 0.0553. The molecule has 2 fully saturated rings. The third kappa shape index (κ3) is 6.59. The lowest BCUT2D eigenvalue weighted by atomic mass is 9.88. The van der Waals surface area contributed by atoms with E-state index >= 15 is 0 Å². The summed E-state index contributed by atoms with van der Waals surface area (Å²) in [6.07, 6.45) is -12.2. The third-order valence-electron chi connectivity index (χ3n) is 9.05. The summed E-state index contributed by atoms with van der Waals surface area (Å²) in [5.41, 5.74) is -6.20. The highest BCUT2D eigenvalue weighted by Gasteiger charge is 2.73. The van der Waals surface area contributed by atoms with Crippen LogP contribution in [0, 0.1) is 5.82 Å². The molecule has 0 aliphatic carbocycles. The molecular weight excluding hydrogens is 683 g/mol. The number of carbonyl (C=O) groups is 2. The maximum atomic E-state index is 14.5. The molecule has 264 valence electrons. The summed E-state index contributed by atoms with van der Waals surface area (Å²) in [5, 5.41) is 0. The van der Waals surface area contributed by atoms with Crippen molar-refractivity contribution in [1.29, 1.82) is 0 Å². The first kappa shape index (κ1) is 36.1. The summed E-state index contributed by atoms with van der Waals surface area (Å²) in [6.45, 7) is 0.574. The zero-order valence-corrected chi connectivity index (χ0v) is 26.9. The van der Waals surface area contributed by atoms with Crippen molar-refractivity contribution >= 4 is 21.8 Å². The number of piperazine rings is 1. The highest BCUT2D eigenvalue weighted by molar-refractivity contribution is 7.92. The van der Waals surface area contributed by atoms with E-state index in [4.69, 9.17) is 4.74 Å². The van der Waals surface area contributed by atoms with E-state index in [1.807, 2.05) is 0 Å². The van der Waals surface area contributed by atoms with Crippen molar-refractivity contribution in [3.05, 3.63) is 101 Å². The van der Waals surface area contributed by atoms with Gasteiger partial charge in [0.05, 0.1) is 11.5 Å². The van der Waals surface area contributed by atoms with Gasteiger partial charge in [0, 0.05) is 51.8 Å². The van der Waals surface area contributed by atoms with E-state index in [-0.39, 0.29) is 61.1 Å². The number of rotatable bonds is 7. The number of sulfone groups is 1. The van der Waals surface area contributed by atoms with Gasteiger partial charge in [-0.1, -0.05) is 54.6 Å². The Balaban J connectivity index is 1.55. The zero-order chi connectivity index (χ0) is 35.8. The predicted octanol–water partition coefficient (Wildman–Crippen LogP) is 6.02. The van der Waals surface area contributed by atoms with Gasteiger partial charge in [-0.3, -0.25) is 4.79 Å². The first-order chi connectivity index (χ1) is 22.9. The molecule has 3 amide bonds. The van der Waals surface area contributed by atoms with Gasteiger partial charge in [-0.15, -0.1) is 0 Å². The molecule has 0 aromatic heterocycles. The lowest BCUT2D eigenvalue weighted by Crippen LogP contribution is -2.56. The Hall–Kier alpha value is -4.18. The molecule has 0 radical (unpaired) electrons. The van der Waals surface area contributed by atoms with Crippen LogP contribution in [0.25, 0.3) is 0 Å². The number of hydrogen-bond donors (Lipinski definition) is 0. The molecule has 0 saturated carbocycles. The summed E-state index contributed by atoms with van der Waals surface area (Å²) in [5.74, 6) is -0.914. The molecule has 1 atom stereocenters. The normalized spacial score (nSPS) is 19.3. The number of urea groups is 1. The lowest BCUT2D eigenvalue weighted by molar-refractivity contribution is -0.392. The number of halogens is 7. The minimum Gasteiger partial charge on any atom is -0.349 e. The Labute approximate surface area is 278 Å². The van der Waals surface area contributed by atoms with Crippen molar-refractivity contribution in [2.45, 2.75) is 47.5 Å².